The van der Waals surface area contributed by atoms with E-state index in [1.54, 1.807) is 6.92 Å². The molecule has 3 rings (SSSR count). The number of hydrogen-bond acceptors (Lipinski definition) is 3. The number of benzene rings is 1. The molecule has 110 valence electrons. The van der Waals surface area contributed by atoms with Crippen molar-refractivity contribution in [2.24, 2.45) is 0 Å². The van der Waals surface area contributed by atoms with Gasteiger partial charge in [-0.3, -0.25) is 4.79 Å². The Balaban J connectivity index is 0.000000149. The van der Waals surface area contributed by atoms with Crippen LogP contribution in [-0.4, -0.2) is 31.7 Å². The number of ether oxygens (including phenoxy) is 2. The molecule has 1 atom stereocenters. The molecule has 0 aromatic carbocycles. The van der Waals surface area contributed by atoms with Gasteiger partial charge in [-0.2, -0.15) is 0 Å². The maximum Gasteiger partial charge on any atom is 0.160 e. The normalized spacial score (nSPS) is 19.0. The Morgan fingerprint density at radius 3 is 2.55 bits per heavy atom. The minimum Gasteiger partial charge on any atom is -0.376 e. The lowest BCUT2D eigenvalue weighted by Gasteiger charge is -2.22. The van der Waals surface area contributed by atoms with Crippen LogP contribution in [0.3, 0.4) is 0 Å². The SMILES string of the molecule is CC(=O)c1cc2ccc1=2.CCCCCC1COCCO1. The Bertz CT molecular complexity index is 530. The van der Waals surface area contributed by atoms with Crippen LogP contribution in [0.15, 0.2) is 18.2 Å². The highest BCUT2D eigenvalue weighted by molar-refractivity contribution is 5.95. The van der Waals surface area contributed by atoms with Crippen molar-refractivity contribution >= 4 is 5.78 Å². The maximum absolute atomic E-state index is 10.7. The topological polar surface area (TPSA) is 35.5 Å². The summed E-state index contributed by atoms with van der Waals surface area (Å²) in [5.41, 5.74) is 0.896. The number of carbonyl (C=O) groups excluding carboxylic acids is 1. The smallest absolute Gasteiger partial charge is 0.160 e. The zero-order valence-corrected chi connectivity index (χ0v) is 12.5. The van der Waals surface area contributed by atoms with E-state index in [2.05, 4.69) is 6.92 Å². The first-order valence-corrected chi connectivity index (χ1v) is 7.57. The monoisotopic (exact) mass is 276 g/mol. The van der Waals surface area contributed by atoms with E-state index in [1.807, 2.05) is 18.2 Å². The van der Waals surface area contributed by atoms with Crippen molar-refractivity contribution in [3.8, 4) is 0 Å². The Labute approximate surface area is 120 Å². The highest BCUT2D eigenvalue weighted by Gasteiger charge is 2.12. The first kappa shape index (κ1) is 15.2. The molecule has 0 radical (unpaired) electrons. The molecule has 0 bridgehead atoms. The van der Waals surface area contributed by atoms with Crippen LogP contribution in [0.25, 0.3) is 0 Å². The van der Waals surface area contributed by atoms with Crippen molar-refractivity contribution in [2.75, 3.05) is 19.8 Å². The predicted octanol–water partition coefficient (Wildman–Crippen LogP) is 3.47. The molecule has 1 unspecified atom stereocenters. The van der Waals surface area contributed by atoms with Gasteiger partial charge in [0.1, 0.15) is 0 Å². The number of Topliss-reactive ketones (excluding diaryl/α,β-unsaturated/α-hetero) is 1. The van der Waals surface area contributed by atoms with Gasteiger partial charge in [-0.25, -0.2) is 0 Å². The lowest BCUT2D eigenvalue weighted by Crippen LogP contribution is -2.28. The molecule has 0 saturated carbocycles. The molecule has 20 heavy (non-hydrogen) atoms. The van der Waals surface area contributed by atoms with Crippen LogP contribution in [0.2, 0.25) is 0 Å². The van der Waals surface area contributed by atoms with Crippen molar-refractivity contribution in [2.45, 2.75) is 45.6 Å². The lowest BCUT2D eigenvalue weighted by atomic mass is 9.97. The molecule has 3 aliphatic rings. The number of rotatable bonds is 5. The Morgan fingerprint density at radius 1 is 1.30 bits per heavy atom. The van der Waals surface area contributed by atoms with Gasteiger partial charge in [-0.15, -0.1) is 0 Å². The van der Waals surface area contributed by atoms with Gasteiger partial charge in [0.2, 0.25) is 0 Å². The van der Waals surface area contributed by atoms with Crippen LogP contribution in [0.4, 0.5) is 0 Å². The van der Waals surface area contributed by atoms with Crippen LogP contribution in [-0.2, 0) is 9.47 Å². The van der Waals surface area contributed by atoms with E-state index >= 15 is 0 Å². The van der Waals surface area contributed by atoms with Crippen LogP contribution >= 0.6 is 0 Å². The fraction of sp³-hybridized carbons (Fsp3) is 0.588. The molecule has 1 saturated heterocycles. The molecule has 0 aromatic rings. The molecule has 0 aromatic heterocycles. The van der Waals surface area contributed by atoms with Gasteiger partial charge in [0.15, 0.2) is 5.78 Å². The van der Waals surface area contributed by atoms with Gasteiger partial charge in [0.25, 0.3) is 0 Å². The van der Waals surface area contributed by atoms with Crippen molar-refractivity contribution in [3.63, 3.8) is 0 Å². The molecule has 3 nitrogen and oxygen atoms in total. The highest BCUT2D eigenvalue weighted by atomic mass is 16.6. The summed E-state index contributed by atoms with van der Waals surface area (Å²) >= 11 is 0. The van der Waals surface area contributed by atoms with Gasteiger partial charge < -0.3 is 9.47 Å². The van der Waals surface area contributed by atoms with E-state index < -0.39 is 0 Å². The summed E-state index contributed by atoms with van der Waals surface area (Å²) in [6.07, 6.45) is 5.45. The predicted molar refractivity (Wildman–Crippen MR) is 78.8 cm³/mol. The standard InChI is InChI=1S/C9H18O2.C8H6O/c1-2-3-4-5-9-8-10-6-7-11-9;1-5(9)8-4-6-2-3-7(6)8/h9H,2-8H2,1H3;2-4H,1H3. The first-order chi connectivity index (χ1) is 9.72. The van der Waals surface area contributed by atoms with Crippen LogP contribution in [0.5, 0.6) is 0 Å². The fourth-order valence-electron chi connectivity index (χ4n) is 2.41. The molecule has 3 heteroatoms. The van der Waals surface area contributed by atoms with Crippen molar-refractivity contribution in [3.05, 3.63) is 34.2 Å². The van der Waals surface area contributed by atoms with Crippen LogP contribution in [0.1, 0.15) is 49.9 Å². The molecular formula is C17H24O3. The molecule has 1 heterocycles. The third-order valence-electron chi connectivity index (χ3n) is 3.72. The van der Waals surface area contributed by atoms with Crippen molar-refractivity contribution < 1.29 is 14.3 Å². The number of hydrogen-bond donors (Lipinski definition) is 0. The second-order valence-corrected chi connectivity index (χ2v) is 5.38. The zero-order chi connectivity index (χ0) is 14.4. The van der Waals surface area contributed by atoms with Gasteiger partial charge in [-0.05, 0) is 29.8 Å². The first-order valence-electron chi connectivity index (χ1n) is 7.57. The Morgan fingerprint density at radius 2 is 2.15 bits per heavy atom. The second kappa shape index (κ2) is 7.55. The lowest BCUT2D eigenvalue weighted by molar-refractivity contribution is -0.0912. The zero-order valence-electron chi connectivity index (χ0n) is 12.5. The summed E-state index contributed by atoms with van der Waals surface area (Å²) in [5, 5.41) is 2.39. The molecular weight excluding hydrogens is 252 g/mol. The fourth-order valence-corrected chi connectivity index (χ4v) is 2.41. The van der Waals surface area contributed by atoms with E-state index in [1.165, 1.54) is 30.9 Å². The van der Waals surface area contributed by atoms with Gasteiger partial charge in [0, 0.05) is 5.56 Å². The Kier molecular flexibility index (Phi) is 5.74. The summed E-state index contributed by atoms with van der Waals surface area (Å²) in [6, 6.07) is 5.92. The number of carbonyl (C=O) groups is 1. The minimum absolute atomic E-state index is 0.179. The number of ketones is 1. The third-order valence-corrected chi connectivity index (χ3v) is 3.72. The van der Waals surface area contributed by atoms with Crippen LogP contribution in [0, 0.1) is 10.4 Å². The van der Waals surface area contributed by atoms with E-state index in [4.69, 9.17) is 9.47 Å². The maximum atomic E-state index is 10.7. The second-order valence-electron chi connectivity index (χ2n) is 5.38. The molecule has 2 aliphatic carbocycles. The van der Waals surface area contributed by atoms with E-state index in [0.717, 1.165) is 30.6 Å². The summed E-state index contributed by atoms with van der Waals surface area (Å²) < 4.78 is 10.8. The largest absolute Gasteiger partial charge is 0.376 e. The molecule has 0 N–H and O–H groups in total. The average Bonchev–Trinajstić information content (AvgIpc) is 2.44. The average molecular weight is 276 g/mol. The van der Waals surface area contributed by atoms with Crippen LogP contribution < -0.4 is 0 Å². The van der Waals surface area contributed by atoms with Gasteiger partial charge in [0.05, 0.1) is 25.9 Å². The van der Waals surface area contributed by atoms with E-state index in [9.17, 15) is 4.79 Å². The molecule has 1 fully saturated rings. The van der Waals surface area contributed by atoms with Gasteiger partial charge in [-0.1, -0.05) is 38.3 Å². The van der Waals surface area contributed by atoms with Crippen molar-refractivity contribution in [1.29, 1.82) is 0 Å². The summed E-state index contributed by atoms with van der Waals surface area (Å²) in [7, 11) is 0. The number of unbranched alkanes of at least 4 members (excludes halogenated alkanes) is 2. The highest BCUT2D eigenvalue weighted by Crippen LogP contribution is 2.15. The molecule has 1 aliphatic heterocycles. The third kappa shape index (κ3) is 3.90. The van der Waals surface area contributed by atoms with E-state index in [-0.39, 0.29) is 5.78 Å². The Hall–Kier alpha value is -1.19. The summed E-state index contributed by atoms with van der Waals surface area (Å²) in [6.45, 7) is 6.20. The minimum atomic E-state index is 0.179. The summed E-state index contributed by atoms with van der Waals surface area (Å²) in [5.74, 6) is 0.179. The molecule has 0 amide bonds. The van der Waals surface area contributed by atoms with Gasteiger partial charge >= 0.3 is 0 Å². The molecule has 0 spiro atoms. The van der Waals surface area contributed by atoms with E-state index in [0.29, 0.717) is 6.10 Å². The van der Waals surface area contributed by atoms with Crippen molar-refractivity contribution in [1.82, 2.24) is 0 Å². The summed E-state index contributed by atoms with van der Waals surface area (Å²) in [4.78, 5) is 10.7. The quantitative estimate of drug-likeness (QED) is 0.619.